The molecule has 0 spiro atoms. The van der Waals surface area contributed by atoms with Crippen LogP contribution in [0.5, 0.6) is 0 Å². The fourth-order valence-corrected chi connectivity index (χ4v) is 3.87. The number of benzene rings is 1. The van der Waals surface area contributed by atoms with Gasteiger partial charge in [-0.15, -0.1) is 11.3 Å². The lowest BCUT2D eigenvalue weighted by Gasteiger charge is -2.17. The molecule has 1 atom stereocenters. The molecule has 0 saturated heterocycles. The summed E-state index contributed by atoms with van der Waals surface area (Å²) < 4.78 is 6.98. The summed E-state index contributed by atoms with van der Waals surface area (Å²) >= 11 is 1.83. The summed E-state index contributed by atoms with van der Waals surface area (Å²) in [6.07, 6.45) is 3.75. The van der Waals surface area contributed by atoms with Crippen LogP contribution in [0.15, 0.2) is 46.4 Å². The maximum atomic E-state index is 5.61. The molecule has 3 rings (SSSR count). The number of rotatable bonds is 6. The highest BCUT2D eigenvalue weighted by Crippen LogP contribution is 2.30. The maximum Gasteiger partial charge on any atom is 0.108 e. The summed E-state index contributed by atoms with van der Waals surface area (Å²) in [6, 6.07) is 11.1. The molecule has 0 bridgehead atoms. The number of aryl methyl sites for hydroxylation is 1. The zero-order chi connectivity index (χ0) is 14.7. The van der Waals surface area contributed by atoms with Gasteiger partial charge in [-0.2, -0.15) is 0 Å². The number of furan rings is 1. The molecule has 0 aliphatic heterocycles. The van der Waals surface area contributed by atoms with E-state index in [2.05, 4.69) is 54.9 Å². The van der Waals surface area contributed by atoms with E-state index in [0.29, 0.717) is 6.04 Å². The van der Waals surface area contributed by atoms with E-state index in [1.54, 1.807) is 0 Å². The van der Waals surface area contributed by atoms with Crippen LogP contribution in [-0.4, -0.2) is 6.54 Å². The van der Waals surface area contributed by atoms with Crippen LogP contribution in [0, 0.1) is 0 Å². The predicted octanol–water partition coefficient (Wildman–Crippen LogP) is 4.95. The standard InChI is InChI=1S/C18H21NOS/c1-3-17-15(9-10-20-17)16(19-4-2)11-13-12-21-18-8-6-5-7-14(13)18/h5-10,12,16,19H,3-4,11H2,1-2H3. The average molecular weight is 299 g/mol. The molecule has 21 heavy (non-hydrogen) atoms. The van der Waals surface area contributed by atoms with E-state index in [1.807, 2.05) is 17.6 Å². The highest BCUT2D eigenvalue weighted by atomic mass is 32.1. The second-order valence-corrected chi connectivity index (χ2v) is 6.14. The summed E-state index contributed by atoms with van der Waals surface area (Å²) in [6.45, 7) is 5.26. The Morgan fingerprint density at radius 3 is 2.86 bits per heavy atom. The van der Waals surface area contributed by atoms with Crippen LogP contribution in [0.2, 0.25) is 0 Å². The molecule has 1 unspecified atom stereocenters. The number of nitrogens with one attached hydrogen (secondary N) is 1. The molecule has 1 aromatic carbocycles. The Morgan fingerprint density at radius 2 is 2.05 bits per heavy atom. The monoisotopic (exact) mass is 299 g/mol. The fourth-order valence-electron chi connectivity index (χ4n) is 2.90. The second kappa shape index (κ2) is 6.46. The first-order chi connectivity index (χ1) is 10.3. The van der Waals surface area contributed by atoms with Crippen molar-refractivity contribution in [2.75, 3.05) is 6.54 Å². The highest BCUT2D eigenvalue weighted by molar-refractivity contribution is 7.17. The van der Waals surface area contributed by atoms with Crippen LogP contribution in [0.25, 0.3) is 10.1 Å². The van der Waals surface area contributed by atoms with Crippen molar-refractivity contribution in [3.05, 3.63) is 58.9 Å². The molecule has 1 N–H and O–H groups in total. The molecule has 0 amide bonds. The zero-order valence-corrected chi connectivity index (χ0v) is 13.4. The Labute approximate surface area is 129 Å². The molecule has 0 aliphatic carbocycles. The van der Waals surface area contributed by atoms with Gasteiger partial charge in [0.15, 0.2) is 0 Å². The van der Waals surface area contributed by atoms with Gasteiger partial charge in [0.1, 0.15) is 5.76 Å². The van der Waals surface area contributed by atoms with Crippen molar-refractivity contribution in [3.63, 3.8) is 0 Å². The summed E-state index contributed by atoms with van der Waals surface area (Å²) in [5.74, 6) is 1.10. The van der Waals surface area contributed by atoms with Gasteiger partial charge in [0.2, 0.25) is 0 Å². The fraction of sp³-hybridized carbons (Fsp3) is 0.333. The van der Waals surface area contributed by atoms with E-state index >= 15 is 0 Å². The van der Waals surface area contributed by atoms with Crippen molar-refractivity contribution in [3.8, 4) is 0 Å². The lowest BCUT2D eigenvalue weighted by Crippen LogP contribution is -2.23. The van der Waals surface area contributed by atoms with E-state index in [1.165, 1.54) is 21.2 Å². The molecule has 2 heterocycles. The Balaban J connectivity index is 1.92. The Bertz CT molecular complexity index is 713. The third-order valence-electron chi connectivity index (χ3n) is 3.91. The van der Waals surface area contributed by atoms with E-state index in [0.717, 1.165) is 25.1 Å². The summed E-state index contributed by atoms with van der Waals surface area (Å²) in [7, 11) is 0. The van der Waals surface area contributed by atoms with Gasteiger partial charge in [-0.3, -0.25) is 0 Å². The van der Waals surface area contributed by atoms with Gasteiger partial charge >= 0.3 is 0 Å². The lowest BCUT2D eigenvalue weighted by atomic mass is 9.98. The number of thiophene rings is 1. The normalized spacial score (nSPS) is 12.9. The van der Waals surface area contributed by atoms with Gasteiger partial charge in [-0.1, -0.05) is 32.0 Å². The van der Waals surface area contributed by atoms with Crippen LogP contribution < -0.4 is 5.32 Å². The predicted molar refractivity (Wildman–Crippen MR) is 90.0 cm³/mol. The van der Waals surface area contributed by atoms with E-state index in [4.69, 9.17) is 4.42 Å². The molecule has 3 aromatic rings. The summed E-state index contributed by atoms with van der Waals surface area (Å²) in [5, 5.41) is 7.28. The third-order valence-corrected chi connectivity index (χ3v) is 4.92. The molecule has 2 nitrogen and oxygen atoms in total. The molecule has 0 fully saturated rings. The molecular formula is C18H21NOS. The van der Waals surface area contributed by atoms with Gasteiger partial charge in [-0.25, -0.2) is 0 Å². The minimum Gasteiger partial charge on any atom is -0.469 e. The minimum atomic E-state index is 0.321. The molecule has 0 radical (unpaired) electrons. The first-order valence-electron chi connectivity index (χ1n) is 7.58. The summed E-state index contributed by atoms with van der Waals surface area (Å²) in [4.78, 5) is 0. The highest BCUT2D eigenvalue weighted by Gasteiger charge is 2.18. The molecule has 0 aliphatic rings. The van der Waals surface area contributed by atoms with Crippen LogP contribution in [0.3, 0.4) is 0 Å². The Hall–Kier alpha value is -1.58. The molecular weight excluding hydrogens is 278 g/mol. The number of likely N-dealkylation sites (N-methyl/N-ethyl adjacent to an activating group) is 1. The van der Waals surface area contributed by atoms with Gasteiger partial charge in [0, 0.05) is 22.7 Å². The van der Waals surface area contributed by atoms with Crippen LogP contribution in [-0.2, 0) is 12.8 Å². The van der Waals surface area contributed by atoms with Gasteiger partial charge in [0.25, 0.3) is 0 Å². The Kier molecular flexibility index (Phi) is 4.42. The van der Waals surface area contributed by atoms with Crippen molar-refractivity contribution in [2.45, 2.75) is 32.7 Å². The third kappa shape index (κ3) is 2.89. The second-order valence-electron chi connectivity index (χ2n) is 5.22. The maximum absolute atomic E-state index is 5.61. The van der Waals surface area contributed by atoms with Crippen LogP contribution in [0.1, 0.15) is 36.8 Å². The van der Waals surface area contributed by atoms with Gasteiger partial charge < -0.3 is 9.73 Å². The number of hydrogen-bond donors (Lipinski definition) is 1. The van der Waals surface area contributed by atoms with Gasteiger partial charge in [-0.05, 0) is 41.4 Å². The number of hydrogen-bond acceptors (Lipinski definition) is 3. The van der Waals surface area contributed by atoms with E-state index < -0.39 is 0 Å². The largest absolute Gasteiger partial charge is 0.469 e. The molecule has 110 valence electrons. The Morgan fingerprint density at radius 1 is 1.19 bits per heavy atom. The first kappa shape index (κ1) is 14.4. The molecule has 3 heteroatoms. The van der Waals surface area contributed by atoms with Crippen LogP contribution >= 0.6 is 11.3 Å². The van der Waals surface area contributed by atoms with E-state index in [-0.39, 0.29) is 0 Å². The van der Waals surface area contributed by atoms with Crippen molar-refractivity contribution in [1.29, 1.82) is 0 Å². The molecule has 2 aromatic heterocycles. The lowest BCUT2D eigenvalue weighted by molar-refractivity contribution is 0.488. The topological polar surface area (TPSA) is 25.2 Å². The quantitative estimate of drug-likeness (QED) is 0.696. The zero-order valence-electron chi connectivity index (χ0n) is 12.6. The first-order valence-corrected chi connectivity index (χ1v) is 8.46. The SMILES string of the molecule is CCNC(Cc1csc2ccccc12)c1ccoc1CC. The smallest absolute Gasteiger partial charge is 0.108 e. The number of fused-ring (bicyclic) bond motifs is 1. The molecule has 0 saturated carbocycles. The minimum absolute atomic E-state index is 0.321. The average Bonchev–Trinajstić information content (AvgIpc) is 3.13. The van der Waals surface area contributed by atoms with Crippen molar-refractivity contribution < 1.29 is 4.42 Å². The summed E-state index contributed by atoms with van der Waals surface area (Å²) in [5.41, 5.74) is 2.72. The van der Waals surface area contributed by atoms with E-state index in [9.17, 15) is 0 Å². The van der Waals surface area contributed by atoms with Crippen molar-refractivity contribution >= 4 is 21.4 Å². The van der Waals surface area contributed by atoms with Gasteiger partial charge in [0.05, 0.1) is 6.26 Å². The van der Waals surface area contributed by atoms with Crippen molar-refractivity contribution in [1.82, 2.24) is 5.32 Å². The van der Waals surface area contributed by atoms with Crippen LogP contribution in [0.4, 0.5) is 0 Å². The van der Waals surface area contributed by atoms with Crippen molar-refractivity contribution in [2.24, 2.45) is 0 Å².